The van der Waals surface area contributed by atoms with Crippen LogP contribution in [-0.2, 0) is 6.54 Å². The van der Waals surface area contributed by atoms with E-state index in [-0.39, 0.29) is 0 Å². The van der Waals surface area contributed by atoms with Crippen LogP contribution in [0.3, 0.4) is 0 Å². The number of benzene rings is 2. The predicted octanol–water partition coefficient (Wildman–Crippen LogP) is 3.84. The Kier molecular flexibility index (Phi) is 4.88. The highest BCUT2D eigenvalue weighted by Gasteiger charge is 2.13. The molecule has 0 aliphatic rings. The van der Waals surface area contributed by atoms with Crippen LogP contribution in [0.5, 0.6) is 5.75 Å². The van der Waals surface area contributed by atoms with Gasteiger partial charge in [0.25, 0.3) is 0 Å². The summed E-state index contributed by atoms with van der Waals surface area (Å²) >= 11 is 6.09. The van der Waals surface area contributed by atoms with Crippen molar-refractivity contribution in [2.45, 2.75) is 6.54 Å². The molecule has 0 aromatic heterocycles. The fraction of sp³-hybridized carbons (Fsp3) is 0.250. The molecule has 0 unspecified atom stereocenters. The summed E-state index contributed by atoms with van der Waals surface area (Å²) in [4.78, 5) is 2.11. The van der Waals surface area contributed by atoms with Crippen molar-refractivity contribution in [3.8, 4) is 5.75 Å². The minimum absolute atomic E-state index is 0.743. The highest BCUT2D eigenvalue weighted by atomic mass is 35.5. The third-order valence-corrected chi connectivity index (χ3v) is 3.45. The van der Waals surface area contributed by atoms with Crippen LogP contribution in [0.1, 0.15) is 5.56 Å². The van der Waals surface area contributed by atoms with Crippen molar-refractivity contribution in [1.29, 1.82) is 0 Å². The number of hydrogen-bond acceptors (Lipinski definition) is 3. The number of nitrogens with one attached hydrogen (secondary N) is 1. The van der Waals surface area contributed by atoms with Gasteiger partial charge in [-0.15, -0.1) is 0 Å². The van der Waals surface area contributed by atoms with Crippen molar-refractivity contribution in [3.63, 3.8) is 0 Å². The summed E-state index contributed by atoms with van der Waals surface area (Å²) in [5.74, 6) is 0.848. The monoisotopic (exact) mass is 290 g/mol. The molecule has 0 atom stereocenters. The van der Waals surface area contributed by atoms with E-state index < -0.39 is 0 Å². The van der Waals surface area contributed by atoms with E-state index in [1.165, 1.54) is 0 Å². The van der Waals surface area contributed by atoms with E-state index in [0.717, 1.165) is 34.3 Å². The Hall–Kier alpha value is -1.71. The Morgan fingerprint density at radius 1 is 1.15 bits per heavy atom. The maximum absolute atomic E-state index is 6.09. The lowest BCUT2D eigenvalue weighted by Crippen LogP contribution is -2.15. The van der Waals surface area contributed by atoms with E-state index in [0.29, 0.717) is 0 Å². The fourth-order valence-corrected chi connectivity index (χ4v) is 2.44. The SMILES string of the molecule is CNCc1cc(Cl)ccc1N(C)c1ccccc1OC. The van der Waals surface area contributed by atoms with Crippen LogP contribution in [0.25, 0.3) is 0 Å². The predicted molar refractivity (Wildman–Crippen MR) is 85.3 cm³/mol. The maximum atomic E-state index is 6.09. The van der Waals surface area contributed by atoms with E-state index in [1.54, 1.807) is 7.11 Å². The lowest BCUT2D eigenvalue weighted by molar-refractivity contribution is 0.415. The molecule has 0 fully saturated rings. The van der Waals surface area contributed by atoms with Crippen molar-refractivity contribution >= 4 is 23.0 Å². The summed E-state index contributed by atoms with van der Waals surface area (Å²) in [5.41, 5.74) is 3.27. The molecule has 2 rings (SSSR count). The summed E-state index contributed by atoms with van der Waals surface area (Å²) in [6.07, 6.45) is 0. The van der Waals surface area contributed by atoms with Crippen LogP contribution in [0.15, 0.2) is 42.5 Å². The second-order valence-electron chi connectivity index (χ2n) is 4.53. The smallest absolute Gasteiger partial charge is 0.142 e. The molecule has 0 saturated carbocycles. The molecule has 106 valence electrons. The molecule has 20 heavy (non-hydrogen) atoms. The molecule has 1 N–H and O–H groups in total. The van der Waals surface area contributed by atoms with Crippen LogP contribution in [0, 0.1) is 0 Å². The van der Waals surface area contributed by atoms with Crippen molar-refractivity contribution in [2.24, 2.45) is 0 Å². The van der Waals surface area contributed by atoms with Gasteiger partial charge in [-0.3, -0.25) is 0 Å². The largest absolute Gasteiger partial charge is 0.495 e. The van der Waals surface area contributed by atoms with E-state index in [9.17, 15) is 0 Å². The van der Waals surface area contributed by atoms with Crippen LogP contribution in [-0.4, -0.2) is 21.2 Å². The quantitative estimate of drug-likeness (QED) is 0.905. The molecule has 0 spiro atoms. The van der Waals surface area contributed by atoms with Gasteiger partial charge in [0.15, 0.2) is 0 Å². The molecule has 0 heterocycles. The Morgan fingerprint density at radius 3 is 2.60 bits per heavy atom. The van der Waals surface area contributed by atoms with E-state index in [2.05, 4.69) is 10.2 Å². The number of nitrogens with zero attached hydrogens (tertiary/aromatic N) is 1. The molecule has 0 radical (unpaired) electrons. The summed E-state index contributed by atoms with van der Waals surface area (Å²) in [6.45, 7) is 0.759. The Balaban J connectivity index is 2.44. The molecule has 0 bridgehead atoms. The molecule has 2 aromatic rings. The molecule has 3 nitrogen and oxygen atoms in total. The van der Waals surface area contributed by atoms with Crippen LogP contribution in [0.2, 0.25) is 5.02 Å². The highest BCUT2D eigenvalue weighted by molar-refractivity contribution is 6.30. The fourth-order valence-electron chi connectivity index (χ4n) is 2.25. The number of ether oxygens (including phenoxy) is 1. The molecule has 4 heteroatoms. The van der Waals surface area contributed by atoms with Gasteiger partial charge in [-0.2, -0.15) is 0 Å². The minimum atomic E-state index is 0.743. The van der Waals surface area contributed by atoms with Gasteiger partial charge in [0.1, 0.15) is 5.75 Å². The number of methoxy groups -OCH3 is 1. The highest BCUT2D eigenvalue weighted by Crippen LogP contribution is 2.34. The third kappa shape index (κ3) is 3.06. The van der Waals surface area contributed by atoms with Crippen molar-refractivity contribution in [3.05, 3.63) is 53.1 Å². The normalized spacial score (nSPS) is 10.4. The van der Waals surface area contributed by atoms with Crippen molar-refractivity contribution in [1.82, 2.24) is 5.32 Å². The third-order valence-electron chi connectivity index (χ3n) is 3.22. The zero-order chi connectivity index (χ0) is 14.5. The Bertz CT molecular complexity index is 586. The molecule has 0 amide bonds. The first kappa shape index (κ1) is 14.7. The molecule has 2 aromatic carbocycles. The van der Waals surface area contributed by atoms with Crippen LogP contribution >= 0.6 is 11.6 Å². The van der Waals surface area contributed by atoms with E-state index in [1.807, 2.05) is 56.6 Å². The Labute approximate surface area is 125 Å². The van der Waals surface area contributed by atoms with Gasteiger partial charge in [0, 0.05) is 24.3 Å². The molecular formula is C16H19ClN2O. The number of anilines is 2. The number of rotatable bonds is 5. The van der Waals surface area contributed by atoms with Crippen molar-refractivity contribution < 1.29 is 4.74 Å². The first-order chi connectivity index (χ1) is 9.67. The van der Waals surface area contributed by atoms with Crippen LogP contribution in [0.4, 0.5) is 11.4 Å². The lowest BCUT2D eigenvalue weighted by atomic mass is 10.1. The van der Waals surface area contributed by atoms with E-state index >= 15 is 0 Å². The number of para-hydroxylation sites is 2. The summed E-state index contributed by atoms with van der Waals surface area (Å²) in [5, 5.41) is 3.91. The summed E-state index contributed by atoms with van der Waals surface area (Å²) in [6, 6.07) is 13.9. The first-order valence-electron chi connectivity index (χ1n) is 6.47. The molecule has 0 aliphatic heterocycles. The molecule has 0 aliphatic carbocycles. The lowest BCUT2D eigenvalue weighted by Gasteiger charge is -2.24. The van der Waals surface area contributed by atoms with Gasteiger partial charge in [-0.1, -0.05) is 23.7 Å². The topological polar surface area (TPSA) is 24.5 Å². The first-order valence-corrected chi connectivity index (χ1v) is 6.85. The number of halogens is 1. The van der Waals surface area contributed by atoms with E-state index in [4.69, 9.17) is 16.3 Å². The van der Waals surface area contributed by atoms with Crippen LogP contribution < -0.4 is 15.0 Å². The van der Waals surface area contributed by atoms with Gasteiger partial charge in [0.2, 0.25) is 0 Å². The molecular weight excluding hydrogens is 272 g/mol. The average molecular weight is 291 g/mol. The van der Waals surface area contributed by atoms with Gasteiger partial charge >= 0.3 is 0 Å². The average Bonchev–Trinajstić information content (AvgIpc) is 2.47. The second-order valence-corrected chi connectivity index (χ2v) is 4.97. The van der Waals surface area contributed by atoms with Crippen molar-refractivity contribution in [2.75, 3.05) is 26.1 Å². The maximum Gasteiger partial charge on any atom is 0.142 e. The summed E-state index contributed by atoms with van der Waals surface area (Å²) < 4.78 is 5.43. The zero-order valence-corrected chi connectivity index (χ0v) is 12.7. The summed E-state index contributed by atoms with van der Waals surface area (Å²) in [7, 11) is 5.64. The van der Waals surface area contributed by atoms with Gasteiger partial charge < -0.3 is 15.0 Å². The second kappa shape index (κ2) is 6.64. The zero-order valence-electron chi connectivity index (χ0n) is 12.0. The minimum Gasteiger partial charge on any atom is -0.495 e. The van der Waals surface area contributed by atoms with Gasteiger partial charge in [-0.05, 0) is 42.9 Å². The van der Waals surface area contributed by atoms with Gasteiger partial charge in [-0.25, -0.2) is 0 Å². The number of hydrogen-bond donors (Lipinski definition) is 1. The Morgan fingerprint density at radius 2 is 1.90 bits per heavy atom. The molecule has 0 saturated heterocycles. The van der Waals surface area contributed by atoms with Gasteiger partial charge in [0.05, 0.1) is 12.8 Å². The standard InChI is InChI=1S/C16H19ClN2O/c1-18-11-12-10-13(17)8-9-14(12)19(2)15-6-4-5-7-16(15)20-3/h4-10,18H,11H2,1-3H3.